The Morgan fingerprint density at radius 3 is 2.33 bits per heavy atom. The number of carbonyl (C=O) groups excluding carboxylic acids is 3. The predicted octanol–water partition coefficient (Wildman–Crippen LogP) is 1.16. The number of hydrogen-bond acceptors (Lipinski definition) is 5. The van der Waals surface area contributed by atoms with E-state index in [1.54, 1.807) is 4.90 Å². The first kappa shape index (κ1) is 26.3. The molecule has 9 nitrogen and oxygen atoms in total. The van der Waals surface area contributed by atoms with Crippen LogP contribution in [0.1, 0.15) is 57.4 Å². The number of carboxylic acids is 1. The Bertz CT molecular complexity index is 806. The summed E-state index contributed by atoms with van der Waals surface area (Å²) in [6.45, 7) is 3.00. The molecule has 3 amide bonds. The summed E-state index contributed by atoms with van der Waals surface area (Å²) in [4.78, 5) is 50.5. The number of likely N-dealkylation sites (tertiary alicyclic amines) is 1. The molecule has 0 bridgehead atoms. The van der Waals surface area contributed by atoms with Crippen molar-refractivity contribution in [2.75, 3.05) is 26.2 Å². The standard InChI is InChI=1S/C24H36N4O5/c1-18(29)27-20(10-5-6-14-25)22(32)28-16-12-24(13-17-28,19-8-3-2-4-9-19)23(33)26-15-7-11-21(30)31/h2-4,8-9,20H,5-7,10-17,25H2,1H3,(H,26,33)(H,27,29)(H,30,31). The number of carboxylic acid groups (broad SMARTS) is 1. The van der Waals surface area contributed by atoms with Crippen LogP contribution in [0.25, 0.3) is 0 Å². The van der Waals surface area contributed by atoms with Gasteiger partial charge in [0.05, 0.1) is 5.41 Å². The van der Waals surface area contributed by atoms with Crippen molar-refractivity contribution in [3.05, 3.63) is 35.9 Å². The van der Waals surface area contributed by atoms with Gasteiger partial charge in [-0.2, -0.15) is 0 Å². The smallest absolute Gasteiger partial charge is 0.303 e. The van der Waals surface area contributed by atoms with Gasteiger partial charge in [-0.3, -0.25) is 19.2 Å². The first-order valence-corrected chi connectivity index (χ1v) is 11.6. The summed E-state index contributed by atoms with van der Waals surface area (Å²) in [5.74, 6) is -1.43. The maximum atomic E-state index is 13.3. The first-order chi connectivity index (χ1) is 15.8. The van der Waals surface area contributed by atoms with E-state index in [4.69, 9.17) is 10.8 Å². The number of piperidine rings is 1. The highest BCUT2D eigenvalue weighted by atomic mass is 16.4. The second-order valence-electron chi connectivity index (χ2n) is 8.56. The van der Waals surface area contributed by atoms with Gasteiger partial charge in [0.15, 0.2) is 0 Å². The van der Waals surface area contributed by atoms with Gasteiger partial charge >= 0.3 is 5.97 Å². The molecule has 0 aliphatic carbocycles. The van der Waals surface area contributed by atoms with Crippen molar-refractivity contribution in [3.63, 3.8) is 0 Å². The van der Waals surface area contributed by atoms with Crippen LogP contribution in [-0.4, -0.2) is 65.9 Å². The zero-order chi connectivity index (χ0) is 24.3. The fourth-order valence-electron chi connectivity index (χ4n) is 4.34. The SMILES string of the molecule is CC(=O)NC(CCCCN)C(=O)N1CCC(C(=O)NCCCC(=O)O)(c2ccccc2)CC1. The largest absolute Gasteiger partial charge is 0.481 e. The second-order valence-corrected chi connectivity index (χ2v) is 8.56. The van der Waals surface area contributed by atoms with E-state index in [-0.39, 0.29) is 30.7 Å². The number of rotatable bonds is 12. The molecule has 33 heavy (non-hydrogen) atoms. The lowest BCUT2D eigenvalue weighted by Crippen LogP contribution is -2.56. The van der Waals surface area contributed by atoms with Crippen LogP contribution in [0.15, 0.2) is 30.3 Å². The summed E-state index contributed by atoms with van der Waals surface area (Å²) in [6, 6.07) is 8.90. The van der Waals surface area contributed by atoms with Gasteiger partial charge in [-0.1, -0.05) is 30.3 Å². The molecule has 1 atom stereocenters. The van der Waals surface area contributed by atoms with Crippen LogP contribution in [0.5, 0.6) is 0 Å². The fourth-order valence-corrected chi connectivity index (χ4v) is 4.34. The number of nitrogens with one attached hydrogen (secondary N) is 2. The number of amides is 3. The molecular formula is C24H36N4O5. The van der Waals surface area contributed by atoms with Crippen molar-refractivity contribution in [3.8, 4) is 0 Å². The molecule has 1 heterocycles. The first-order valence-electron chi connectivity index (χ1n) is 11.6. The van der Waals surface area contributed by atoms with Crippen LogP contribution < -0.4 is 16.4 Å². The van der Waals surface area contributed by atoms with E-state index >= 15 is 0 Å². The lowest BCUT2D eigenvalue weighted by Gasteiger charge is -2.42. The van der Waals surface area contributed by atoms with Crippen molar-refractivity contribution < 1.29 is 24.3 Å². The zero-order valence-electron chi connectivity index (χ0n) is 19.3. The molecule has 5 N–H and O–H groups in total. The highest BCUT2D eigenvalue weighted by molar-refractivity contribution is 5.90. The van der Waals surface area contributed by atoms with Gasteiger partial charge in [0, 0.05) is 33.0 Å². The molecular weight excluding hydrogens is 424 g/mol. The average molecular weight is 461 g/mol. The molecule has 9 heteroatoms. The molecule has 1 aromatic carbocycles. The van der Waals surface area contributed by atoms with Crippen molar-refractivity contribution in [2.45, 2.75) is 63.3 Å². The summed E-state index contributed by atoms with van der Waals surface area (Å²) >= 11 is 0. The summed E-state index contributed by atoms with van der Waals surface area (Å²) in [5, 5.41) is 14.5. The van der Waals surface area contributed by atoms with E-state index in [0.717, 1.165) is 18.4 Å². The molecule has 0 saturated carbocycles. The Balaban J connectivity index is 2.10. The van der Waals surface area contributed by atoms with E-state index in [0.29, 0.717) is 45.3 Å². The van der Waals surface area contributed by atoms with Gasteiger partial charge in [0.25, 0.3) is 0 Å². The average Bonchev–Trinajstić information content (AvgIpc) is 2.81. The van der Waals surface area contributed by atoms with E-state index < -0.39 is 17.4 Å². The summed E-state index contributed by atoms with van der Waals surface area (Å²) in [5.41, 5.74) is 5.65. The van der Waals surface area contributed by atoms with E-state index in [1.807, 2.05) is 30.3 Å². The van der Waals surface area contributed by atoms with Crippen molar-refractivity contribution >= 4 is 23.7 Å². The zero-order valence-corrected chi connectivity index (χ0v) is 19.3. The lowest BCUT2D eigenvalue weighted by atomic mass is 9.71. The number of nitrogens with two attached hydrogens (primary N) is 1. The number of aliphatic carboxylic acids is 1. The van der Waals surface area contributed by atoms with Crippen LogP contribution >= 0.6 is 0 Å². The minimum atomic E-state index is -0.894. The van der Waals surface area contributed by atoms with Gasteiger partial charge in [-0.25, -0.2) is 0 Å². The third-order valence-corrected chi connectivity index (χ3v) is 6.17. The van der Waals surface area contributed by atoms with Crippen LogP contribution in [0.2, 0.25) is 0 Å². The molecule has 1 aromatic rings. The number of nitrogens with zero attached hydrogens (tertiary/aromatic N) is 1. The molecule has 1 unspecified atom stereocenters. The molecule has 1 saturated heterocycles. The lowest BCUT2D eigenvalue weighted by molar-refractivity contribution is -0.140. The Hall–Kier alpha value is -2.94. The van der Waals surface area contributed by atoms with E-state index in [2.05, 4.69) is 10.6 Å². The highest BCUT2D eigenvalue weighted by Gasteiger charge is 2.44. The maximum absolute atomic E-state index is 13.3. The summed E-state index contributed by atoms with van der Waals surface area (Å²) in [6.07, 6.45) is 3.30. The van der Waals surface area contributed by atoms with Crippen molar-refractivity contribution in [1.82, 2.24) is 15.5 Å². The van der Waals surface area contributed by atoms with Gasteiger partial charge in [0.2, 0.25) is 17.7 Å². The number of benzene rings is 1. The van der Waals surface area contributed by atoms with E-state index in [1.165, 1.54) is 6.92 Å². The van der Waals surface area contributed by atoms with Crippen molar-refractivity contribution in [2.24, 2.45) is 5.73 Å². The molecule has 1 aliphatic rings. The second kappa shape index (κ2) is 12.9. The molecule has 0 spiro atoms. The van der Waals surface area contributed by atoms with Gasteiger partial charge < -0.3 is 26.4 Å². The molecule has 1 fully saturated rings. The highest BCUT2D eigenvalue weighted by Crippen LogP contribution is 2.36. The molecule has 0 aromatic heterocycles. The monoisotopic (exact) mass is 460 g/mol. The van der Waals surface area contributed by atoms with Crippen molar-refractivity contribution in [1.29, 1.82) is 0 Å². The Kier molecular flexibility index (Phi) is 10.3. The van der Waals surface area contributed by atoms with Gasteiger partial charge in [-0.05, 0) is 50.6 Å². The van der Waals surface area contributed by atoms with Gasteiger partial charge in [0.1, 0.15) is 6.04 Å². The molecule has 1 aliphatic heterocycles. The molecule has 0 radical (unpaired) electrons. The normalized spacial score (nSPS) is 16.0. The maximum Gasteiger partial charge on any atom is 0.303 e. The molecule has 2 rings (SSSR count). The quantitative estimate of drug-likeness (QED) is 0.345. The molecule has 182 valence electrons. The minimum Gasteiger partial charge on any atom is -0.481 e. The van der Waals surface area contributed by atoms with Gasteiger partial charge in [-0.15, -0.1) is 0 Å². The van der Waals surface area contributed by atoms with Crippen LogP contribution in [0.3, 0.4) is 0 Å². The van der Waals surface area contributed by atoms with E-state index in [9.17, 15) is 19.2 Å². The topological polar surface area (TPSA) is 142 Å². The third kappa shape index (κ3) is 7.56. The number of unbranched alkanes of at least 4 members (excludes halogenated alkanes) is 1. The predicted molar refractivity (Wildman–Crippen MR) is 124 cm³/mol. The number of hydrogen-bond donors (Lipinski definition) is 4. The van der Waals surface area contributed by atoms with Crippen LogP contribution in [0, 0.1) is 0 Å². The third-order valence-electron chi connectivity index (χ3n) is 6.17. The Labute approximate surface area is 195 Å². The Morgan fingerprint density at radius 1 is 1.09 bits per heavy atom. The Morgan fingerprint density at radius 2 is 1.76 bits per heavy atom. The minimum absolute atomic E-state index is 0.00437. The van der Waals surface area contributed by atoms with Crippen LogP contribution in [-0.2, 0) is 24.6 Å². The number of carbonyl (C=O) groups is 4. The summed E-state index contributed by atoms with van der Waals surface area (Å²) < 4.78 is 0. The summed E-state index contributed by atoms with van der Waals surface area (Å²) in [7, 11) is 0. The fraction of sp³-hybridized carbons (Fsp3) is 0.583. The van der Waals surface area contributed by atoms with Crippen LogP contribution in [0.4, 0.5) is 0 Å².